The third-order valence-electron chi connectivity index (χ3n) is 1.28. The fraction of sp³-hybridized carbons (Fsp3) is 1.00. The summed E-state index contributed by atoms with van der Waals surface area (Å²) in [5.74, 6) is 0. The van der Waals surface area contributed by atoms with E-state index in [4.69, 9.17) is 4.99 Å². The Hall–Kier alpha value is 0.190. The molecule has 0 aromatic rings. The number of nitrogens with zero attached hydrogens (tertiary/aromatic N) is 1. The van der Waals surface area contributed by atoms with Crippen molar-refractivity contribution in [1.82, 2.24) is 10.4 Å². The number of hydroxylamine groups is 2. The van der Waals surface area contributed by atoms with E-state index in [0.717, 1.165) is 26.2 Å². The molecule has 0 atom stereocenters. The maximum atomic E-state index is 4.89. The molecular weight excluding hydrogens is 152 g/mol. The molecule has 1 rings (SSSR count). The van der Waals surface area contributed by atoms with E-state index in [1.54, 1.807) is 5.06 Å². The van der Waals surface area contributed by atoms with Crippen molar-refractivity contribution in [2.24, 2.45) is 0 Å². The Labute approximate surface area is 64.9 Å². The van der Waals surface area contributed by atoms with E-state index < -0.39 is 0 Å². The molecule has 0 bridgehead atoms. The van der Waals surface area contributed by atoms with Gasteiger partial charge >= 0.3 is 0 Å². The van der Waals surface area contributed by atoms with Crippen LogP contribution in [0.1, 0.15) is 0 Å². The first-order valence-electron chi connectivity index (χ1n) is 3.26. The Balaban J connectivity index is 2.02. The predicted molar refractivity (Wildman–Crippen MR) is 40.1 cm³/mol. The van der Waals surface area contributed by atoms with Crippen LogP contribution in [-0.4, -0.2) is 37.5 Å². The first-order valence-corrected chi connectivity index (χ1v) is 4.41. The van der Waals surface area contributed by atoms with Crippen LogP contribution in [0.3, 0.4) is 0 Å². The molecule has 1 saturated heterocycles. The van der Waals surface area contributed by atoms with Gasteiger partial charge < -0.3 is 5.32 Å². The van der Waals surface area contributed by atoms with Crippen LogP contribution < -0.4 is 5.32 Å². The van der Waals surface area contributed by atoms with Gasteiger partial charge in [0, 0.05) is 44.5 Å². The maximum absolute atomic E-state index is 4.89. The zero-order valence-corrected chi connectivity index (χ0v) is 6.82. The normalized spacial score (nSPS) is 21.3. The Morgan fingerprint density at radius 3 is 2.70 bits per heavy atom. The van der Waals surface area contributed by atoms with Gasteiger partial charge in [-0.3, -0.25) is 0 Å². The van der Waals surface area contributed by atoms with Crippen LogP contribution in [-0.2, 0) is 9.32 Å². The molecule has 10 heavy (non-hydrogen) atoms. The minimum absolute atomic E-state index is 0.889. The second-order valence-electron chi connectivity index (χ2n) is 1.99. The van der Waals surface area contributed by atoms with Crippen LogP contribution in [0.2, 0.25) is 0 Å². The van der Waals surface area contributed by atoms with Gasteiger partial charge in [-0.05, 0) is 0 Å². The van der Waals surface area contributed by atoms with E-state index in [0.29, 0.717) is 0 Å². The van der Waals surface area contributed by atoms with Gasteiger partial charge in [0.25, 0.3) is 0 Å². The highest BCUT2D eigenvalue weighted by Gasteiger charge is 2.09. The number of hydrogen-bond donors (Lipinski definition) is 1. The van der Waals surface area contributed by atoms with Crippen molar-refractivity contribution in [3.8, 4) is 0 Å². The van der Waals surface area contributed by atoms with Crippen molar-refractivity contribution in [3.63, 3.8) is 0 Å². The molecule has 0 aromatic carbocycles. The highest BCUT2D eigenvalue weighted by molar-refractivity contribution is 7.93. The molecular formula is C5H12N2O2S. The summed E-state index contributed by atoms with van der Waals surface area (Å²) in [4.78, 5) is 4.89. The molecule has 1 fully saturated rings. The lowest BCUT2D eigenvalue weighted by Crippen LogP contribution is -2.42. The third-order valence-corrected chi connectivity index (χ3v) is 1.48. The minimum atomic E-state index is 0.889. The molecule has 0 unspecified atom stereocenters. The molecule has 0 aliphatic carbocycles. The number of piperazine rings is 1. The largest absolute Gasteiger partial charge is 0.314 e. The van der Waals surface area contributed by atoms with Gasteiger partial charge in [0.2, 0.25) is 0 Å². The van der Waals surface area contributed by atoms with E-state index in [1.165, 1.54) is 12.0 Å². The summed E-state index contributed by atoms with van der Waals surface area (Å²) in [5, 5.41) is 5.01. The summed E-state index contributed by atoms with van der Waals surface area (Å²) >= 11 is 1.21. The van der Waals surface area contributed by atoms with Crippen molar-refractivity contribution >= 4 is 12.0 Å². The fourth-order valence-corrected chi connectivity index (χ4v) is 0.939. The van der Waals surface area contributed by atoms with Crippen molar-refractivity contribution < 1.29 is 9.32 Å². The Morgan fingerprint density at radius 2 is 2.10 bits per heavy atom. The van der Waals surface area contributed by atoms with E-state index in [9.17, 15) is 0 Å². The molecule has 0 saturated carbocycles. The lowest BCUT2D eigenvalue weighted by atomic mass is 10.4. The summed E-state index contributed by atoms with van der Waals surface area (Å²) in [7, 11) is 0. The average molecular weight is 164 g/mol. The van der Waals surface area contributed by atoms with Gasteiger partial charge in [0.05, 0.1) is 0 Å². The van der Waals surface area contributed by atoms with Gasteiger partial charge in [0.15, 0.2) is 0 Å². The van der Waals surface area contributed by atoms with Crippen LogP contribution in [0.15, 0.2) is 0 Å². The maximum Gasteiger partial charge on any atom is 0.0396 e. The summed E-state index contributed by atoms with van der Waals surface area (Å²) in [6, 6.07) is 0. The summed E-state index contributed by atoms with van der Waals surface area (Å²) in [6.07, 6.45) is 1.82. The zero-order valence-electron chi connectivity index (χ0n) is 6.00. The first kappa shape index (κ1) is 8.29. The van der Waals surface area contributed by atoms with Crippen molar-refractivity contribution in [2.45, 2.75) is 0 Å². The molecule has 60 valence electrons. The van der Waals surface area contributed by atoms with Crippen LogP contribution in [0.4, 0.5) is 0 Å². The number of rotatable bonds is 3. The standard InChI is InChI=1S/C5H12N2O2S/c1-10-9-8-7-4-2-6-3-5-7/h6H,2-5H2,1H3. The molecule has 1 aliphatic heterocycles. The van der Waals surface area contributed by atoms with Crippen molar-refractivity contribution in [2.75, 3.05) is 32.4 Å². The van der Waals surface area contributed by atoms with E-state index in [1.807, 2.05) is 6.26 Å². The summed E-state index contributed by atoms with van der Waals surface area (Å²) in [6.45, 7) is 3.72. The fourth-order valence-electron chi connectivity index (χ4n) is 0.792. The van der Waals surface area contributed by atoms with E-state index >= 15 is 0 Å². The van der Waals surface area contributed by atoms with Gasteiger partial charge in [-0.15, -0.1) is 9.32 Å². The second-order valence-corrected chi connectivity index (χ2v) is 2.46. The molecule has 0 aromatic heterocycles. The molecule has 5 heteroatoms. The lowest BCUT2D eigenvalue weighted by molar-refractivity contribution is -0.361. The molecule has 1 N–H and O–H groups in total. The first-order chi connectivity index (χ1) is 4.93. The quantitative estimate of drug-likeness (QED) is 0.361. The monoisotopic (exact) mass is 164 g/mol. The van der Waals surface area contributed by atoms with Crippen LogP contribution >= 0.6 is 12.0 Å². The third kappa shape index (κ3) is 2.85. The molecule has 0 spiro atoms. The smallest absolute Gasteiger partial charge is 0.0396 e. The SMILES string of the molecule is CSOON1CCNCC1. The highest BCUT2D eigenvalue weighted by Crippen LogP contribution is 2.00. The van der Waals surface area contributed by atoms with Gasteiger partial charge in [0.1, 0.15) is 0 Å². The Kier molecular flexibility index (Phi) is 4.08. The van der Waals surface area contributed by atoms with E-state index in [-0.39, 0.29) is 0 Å². The van der Waals surface area contributed by atoms with Gasteiger partial charge in [-0.25, -0.2) is 0 Å². The van der Waals surface area contributed by atoms with Crippen molar-refractivity contribution in [1.29, 1.82) is 0 Å². The molecule has 0 radical (unpaired) electrons. The molecule has 1 aliphatic rings. The van der Waals surface area contributed by atoms with Gasteiger partial charge in [-0.2, -0.15) is 5.06 Å². The summed E-state index contributed by atoms with van der Waals surface area (Å²) in [5.41, 5.74) is 0. The highest BCUT2D eigenvalue weighted by atomic mass is 32.2. The van der Waals surface area contributed by atoms with E-state index in [2.05, 4.69) is 9.65 Å². The second kappa shape index (κ2) is 4.92. The Morgan fingerprint density at radius 1 is 1.40 bits per heavy atom. The molecule has 1 heterocycles. The van der Waals surface area contributed by atoms with Crippen molar-refractivity contribution in [3.05, 3.63) is 0 Å². The predicted octanol–water partition coefficient (Wildman–Crippen LogP) is 0.0328. The number of nitrogens with one attached hydrogen (secondary N) is 1. The van der Waals surface area contributed by atoms with Crippen LogP contribution in [0.25, 0.3) is 0 Å². The topological polar surface area (TPSA) is 33.7 Å². The van der Waals surface area contributed by atoms with Crippen LogP contribution in [0, 0.1) is 0 Å². The molecule has 4 nitrogen and oxygen atoms in total. The van der Waals surface area contributed by atoms with Gasteiger partial charge in [-0.1, -0.05) is 0 Å². The molecule has 0 amide bonds. The summed E-state index contributed by atoms with van der Waals surface area (Å²) < 4.78 is 4.69. The lowest BCUT2D eigenvalue weighted by Gasteiger charge is -2.23. The zero-order chi connectivity index (χ0) is 7.23. The Bertz CT molecular complexity index is 87.7. The minimum Gasteiger partial charge on any atom is -0.314 e. The number of hydrogen-bond acceptors (Lipinski definition) is 5. The average Bonchev–Trinajstić information content (AvgIpc) is 2.03. The van der Waals surface area contributed by atoms with Crippen LogP contribution in [0.5, 0.6) is 0 Å².